The smallest absolute Gasteiger partial charge is 0.237 e. The van der Waals surface area contributed by atoms with Gasteiger partial charge in [0.05, 0.1) is 32.6 Å². The summed E-state index contributed by atoms with van der Waals surface area (Å²) >= 11 is 1.44. The zero-order valence-electron chi connectivity index (χ0n) is 19.3. The molecule has 5 rings (SSSR count). The number of halogens is 1. The van der Waals surface area contributed by atoms with E-state index >= 15 is 0 Å². The zero-order valence-corrected chi connectivity index (χ0v) is 20.1. The van der Waals surface area contributed by atoms with Crippen molar-refractivity contribution in [1.82, 2.24) is 24.9 Å². The molecule has 0 unspecified atom stereocenters. The van der Waals surface area contributed by atoms with Crippen LogP contribution < -0.4 is 9.47 Å². The van der Waals surface area contributed by atoms with Crippen LogP contribution in [0.2, 0.25) is 0 Å². The molecule has 2 aromatic heterocycles. The van der Waals surface area contributed by atoms with E-state index < -0.39 is 0 Å². The third kappa shape index (κ3) is 5.15. The lowest BCUT2D eigenvalue weighted by atomic mass is 10.2. The van der Waals surface area contributed by atoms with Gasteiger partial charge >= 0.3 is 0 Å². The monoisotopic (exact) mass is 497 g/mol. The molecule has 2 aromatic carbocycles. The Kier molecular flexibility index (Phi) is 6.96. The van der Waals surface area contributed by atoms with E-state index in [1.165, 1.54) is 23.9 Å². The van der Waals surface area contributed by atoms with E-state index in [2.05, 4.69) is 20.3 Å². The molecule has 0 amide bonds. The van der Waals surface area contributed by atoms with Gasteiger partial charge in [-0.25, -0.2) is 4.39 Å². The second-order valence-corrected chi connectivity index (χ2v) is 8.87. The molecule has 182 valence electrons. The molecule has 4 aromatic rings. The fourth-order valence-corrected chi connectivity index (χ4v) is 4.68. The van der Waals surface area contributed by atoms with Gasteiger partial charge in [-0.3, -0.25) is 4.57 Å². The van der Waals surface area contributed by atoms with E-state index in [0.29, 0.717) is 46.5 Å². The second kappa shape index (κ2) is 10.4. The van der Waals surface area contributed by atoms with Crippen LogP contribution in [0.1, 0.15) is 18.7 Å². The average Bonchev–Trinajstić information content (AvgIpc) is 3.65. The summed E-state index contributed by atoms with van der Waals surface area (Å²) in [6.07, 6.45) is 2.09. The van der Waals surface area contributed by atoms with Gasteiger partial charge in [-0.15, -0.1) is 10.2 Å². The Hall–Kier alpha value is -3.44. The minimum absolute atomic E-state index is 0.0876. The van der Waals surface area contributed by atoms with Gasteiger partial charge in [0.25, 0.3) is 0 Å². The van der Waals surface area contributed by atoms with Crippen LogP contribution in [0, 0.1) is 5.82 Å². The molecule has 0 spiro atoms. The topological polar surface area (TPSA) is 97.3 Å². The lowest BCUT2D eigenvalue weighted by Gasteiger charge is -2.14. The van der Waals surface area contributed by atoms with Gasteiger partial charge in [-0.05, 0) is 55.3 Å². The quantitative estimate of drug-likeness (QED) is 0.307. The van der Waals surface area contributed by atoms with Crippen molar-refractivity contribution in [3.8, 4) is 34.3 Å². The van der Waals surface area contributed by atoms with Crippen molar-refractivity contribution in [3.05, 3.63) is 54.2 Å². The van der Waals surface area contributed by atoms with Crippen LogP contribution in [-0.4, -0.2) is 51.8 Å². The Balaban J connectivity index is 1.35. The zero-order chi connectivity index (χ0) is 24.2. The standard InChI is InChI=1S/C24H24FN5O4S/c1-31-19-10-7-16(12-20(19)32-2)22-26-21(34-29-22)14-35-24-28-27-23(15-5-8-17(25)9-6-15)30(24)13-18-4-3-11-33-18/h5-10,12,18H,3-4,11,13-14H2,1-2H3/t18-/m0/s1. The molecular formula is C24H24FN5O4S. The molecule has 0 radical (unpaired) electrons. The van der Waals surface area contributed by atoms with Gasteiger partial charge in [0, 0.05) is 17.7 Å². The van der Waals surface area contributed by atoms with E-state index in [0.717, 1.165) is 30.6 Å². The van der Waals surface area contributed by atoms with Crippen molar-refractivity contribution in [3.63, 3.8) is 0 Å². The Morgan fingerprint density at radius 3 is 2.60 bits per heavy atom. The lowest BCUT2D eigenvalue weighted by molar-refractivity contribution is 0.0953. The van der Waals surface area contributed by atoms with Crippen LogP contribution in [0.25, 0.3) is 22.8 Å². The molecule has 35 heavy (non-hydrogen) atoms. The van der Waals surface area contributed by atoms with Gasteiger partial charge in [0.2, 0.25) is 11.7 Å². The normalized spacial score (nSPS) is 15.5. The first-order valence-corrected chi connectivity index (χ1v) is 12.1. The Morgan fingerprint density at radius 2 is 1.86 bits per heavy atom. The fraction of sp³-hybridized carbons (Fsp3) is 0.333. The van der Waals surface area contributed by atoms with E-state index in [1.807, 2.05) is 10.6 Å². The summed E-state index contributed by atoms with van der Waals surface area (Å²) in [5.74, 6) is 2.89. The van der Waals surface area contributed by atoms with Crippen molar-refractivity contribution < 1.29 is 23.1 Å². The number of hydrogen-bond acceptors (Lipinski definition) is 9. The molecule has 9 nitrogen and oxygen atoms in total. The highest BCUT2D eigenvalue weighted by atomic mass is 32.2. The highest BCUT2D eigenvalue weighted by molar-refractivity contribution is 7.98. The van der Waals surface area contributed by atoms with E-state index in [9.17, 15) is 4.39 Å². The minimum Gasteiger partial charge on any atom is -0.493 e. The summed E-state index contributed by atoms with van der Waals surface area (Å²) in [6.45, 7) is 1.37. The molecule has 3 heterocycles. The van der Waals surface area contributed by atoms with Crippen molar-refractivity contribution >= 4 is 11.8 Å². The second-order valence-electron chi connectivity index (χ2n) is 7.93. The number of ether oxygens (including phenoxy) is 3. The van der Waals surface area contributed by atoms with E-state index in [-0.39, 0.29) is 11.9 Å². The van der Waals surface area contributed by atoms with Crippen LogP contribution in [0.15, 0.2) is 52.1 Å². The number of hydrogen-bond donors (Lipinski definition) is 0. The fourth-order valence-electron chi connectivity index (χ4n) is 3.90. The van der Waals surface area contributed by atoms with Crippen LogP contribution in [0.5, 0.6) is 11.5 Å². The highest BCUT2D eigenvalue weighted by Gasteiger charge is 2.22. The number of benzene rings is 2. The van der Waals surface area contributed by atoms with E-state index in [1.54, 1.807) is 38.5 Å². The minimum atomic E-state index is -0.296. The summed E-state index contributed by atoms with van der Waals surface area (Å²) in [5.41, 5.74) is 1.54. The molecular weight excluding hydrogens is 473 g/mol. The summed E-state index contributed by atoms with van der Waals surface area (Å²) in [5, 5.41) is 13.6. The molecule has 1 fully saturated rings. The van der Waals surface area contributed by atoms with Crippen molar-refractivity contribution in [1.29, 1.82) is 0 Å². The van der Waals surface area contributed by atoms with Crippen LogP contribution in [-0.2, 0) is 17.0 Å². The largest absolute Gasteiger partial charge is 0.493 e. The molecule has 1 aliphatic heterocycles. The van der Waals surface area contributed by atoms with Gasteiger partial charge in [0.15, 0.2) is 22.5 Å². The van der Waals surface area contributed by atoms with E-state index in [4.69, 9.17) is 18.7 Å². The molecule has 0 saturated carbocycles. The maximum absolute atomic E-state index is 13.4. The Labute approximate surface area is 205 Å². The first-order valence-electron chi connectivity index (χ1n) is 11.1. The SMILES string of the molecule is COc1ccc(-c2noc(CSc3nnc(-c4ccc(F)cc4)n3C[C@@H]3CCCO3)n2)cc1OC. The molecule has 1 atom stereocenters. The molecule has 0 N–H and O–H groups in total. The van der Waals surface area contributed by atoms with Crippen molar-refractivity contribution in [2.45, 2.75) is 36.4 Å². The third-order valence-corrected chi connectivity index (χ3v) is 6.62. The molecule has 0 aliphatic carbocycles. The number of rotatable bonds is 9. The first kappa shape index (κ1) is 23.3. The Bertz CT molecular complexity index is 1290. The van der Waals surface area contributed by atoms with Crippen molar-refractivity contribution in [2.24, 2.45) is 0 Å². The number of nitrogens with zero attached hydrogens (tertiary/aromatic N) is 5. The molecule has 11 heteroatoms. The van der Waals surface area contributed by atoms with Gasteiger partial charge in [-0.2, -0.15) is 4.98 Å². The Morgan fingerprint density at radius 1 is 1.06 bits per heavy atom. The van der Waals surface area contributed by atoms with Gasteiger partial charge < -0.3 is 18.7 Å². The number of methoxy groups -OCH3 is 2. The first-order chi connectivity index (χ1) is 17.1. The maximum Gasteiger partial charge on any atom is 0.237 e. The predicted molar refractivity (Wildman–Crippen MR) is 127 cm³/mol. The summed E-state index contributed by atoms with van der Waals surface area (Å²) in [6, 6.07) is 11.7. The highest BCUT2D eigenvalue weighted by Crippen LogP contribution is 2.32. The van der Waals surface area contributed by atoms with Crippen LogP contribution in [0.3, 0.4) is 0 Å². The predicted octanol–water partition coefficient (Wildman–Crippen LogP) is 4.62. The van der Waals surface area contributed by atoms with Gasteiger partial charge in [-0.1, -0.05) is 16.9 Å². The van der Waals surface area contributed by atoms with Crippen molar-refractivity contribution in [2.75, 3.05) is 20.8 Å². The summed E-state index contributed by atoms with van der Waals surface area (Å²) < 4.78 is 37.4. The lowest BCUT2D eigenvalue weighted by Crippen LogP contribution is -2.16. The van der Waals surface area contributed by atoms with Crippen LogP contribution in [0.4, 0.5) is 4.39 Å². The summed E-state index contributed by atoms with van der Waals surface area (Å²) in [4.78, 5) is 4.52. The summed E-state index contributed by atoms with van der Waals surface area (Å²) in [7, 11) is 3.16. The third-order valence-electron chi connectivity index (χ3n) is 5.66. The number of aromatic nitrogens is 5. The van der Waals surface area contributed by atoms with Crippen LogP contribution >= 0.6 is 11.8 Å². The molecule has 1 saturated heterocycles. The average molecular weight is 498 g/mol. The molecule has 1 aliphatic rings. The molecule has 0 bridgehead atoms. The number of thioether (sulfide) groups is 1. The maximum atomic E-state index is 13.4. The van der Waals surface area contributed by atoms with Gasteiger partial charge in [0.1, 0.15) is 5.82 Å².